The number of hydrogen-bond donors (Lipinski definition) is 2. The summed E-state index contributed by atoms with van der Waals surface area (Å²) in [5.41, 5.74) is 2.45. The average Bonchev–Trinajstić information content (AvgIpc) is 2.16. The van der Waals surface area contributed by atoms with Crippen LogP contribution in [0.2, 0.25) is 0 Å². The quantitative estimate of drug-likeness (QED) is 0.552. The molecule has 0 bridgehead atoms. The van der Waals surface area contributed by atoms with Gasteiger partial charge in [0.15, 0.2) is 5.82 Å². The molecule has 0 atom stereocenters. The lowest BCUT2D eigenvalue weighted by molar-refractivity contribution is 0.174. The zero-order valence-corrected chi connectivity index (χ0v) is 9.15. The maximum atomic E-state index is 5.44. The Morgan fingerprint density at radius 3 is 2.73 bits per heavy atom. The number of hydrogen-bond acceptors (Lipinski definition) is 6. The van der Waals surface area contributed by atoms with Crippen molar-refractivity contribution in [1.82, 2.24) is 9.97 Å². The highest BCUT2D eigenvalue weighted by Crippen LogP contribution is 2.14. The maximum Gasteiger partial charge on any atom is 0.219 e. The lowest BCUT2D eigenvalue weighted by Gasteiger charge is -2.11. The summed E-state index contributed by atoms with van der Waals surface area (Å²) >= 11 is 0. The van der Waals surface area contributed by atoms with Crippen LogP contribution in [0.3, 0.4) is 0 Å². The highest BCUT2D eigenvalue weighted by molar-refractivity contribution is 5.36. The molecule has 3 N–H and O–H groups in total. The van der Waals surface area contributed by atoms with E-state index in [-0.39, 0.29) is 6.10 Å². The monoisotopic (exact) mass is 212 g/mol. The molecule has 0 fully saturated rings. The summed E-state index contributed by atoms with van der Waals surface area (Å²) in [6.45, 7) is 4.17. The van der Waals surface area contributed by atoms with Gasteiger partial charge < -0.3 is 14.9 Å². The number of aromatic nitrogens is 2. The summed E-state index contributed by atoms with van der Waals surface area (Å²) in [6, 6.07) is 1.64. The number of nitrogens with one attached hydrogen (secondary N) is 1. The number of nitrogens with two attached hydrogens (primary N) is 1. The number of methoxy groups -OCH3 is 1. The summed E-state index contributed by atoms with van der Waals surface area (Å²) in [5.74, 6) is 6.80. The number of hydrazine groups is 1. The first kappa shape index (κ1) is 11.7. The SMILES string of the molecule is COCc1nc(NN)cc(OC(C)C)n1. The molecule has 6 heteroatoms. The average molecular weight is 212 g/mol. The Morgan fingerprint density at radius 2 is 2.20 bits per heavy atom. The smallest absolute Gasteiger partial charge is 0.219 e. The molecular formula is C9H16N4O2. The van der Waals surface area contributed by atoms with Crippen LogP contribution in [0.15, 0.2) is 6.07 Å². The maximum absolute atomic E-state index is 5.44. The van der Waals surface area contributed by atoms with Gasteiger partial charge in [0.05, 0.1) is 6.10 Å². The van der Waals surface area contributed by atoms with Crippen molar-refractivity contribution in [3.63, 3.8) is 0 Å². The van der Waals surface area contributed by atoms with Crippen molar-refractivity contribution >= 4 is 5.82 Å². The van der Waals surface area contributed by atoms with E-state index in [0.29, 0.717) is 24.1 Å². The van der Waals surface area contributed by atoms with Crippen LogP contribution in [0.4, 0.5) is 5.82 Å². The summed E-state index contributed by atoms with van der Waals surface area (Å²) in [6.07, 6.45) is 0.0564. The third-order valence-corrected chi connectivity index (χ3v) is 1.53. The van der Waals surface area contributed by atoms with E-state index >= 15 is 0 Å². The fourth-order valence-electron chi connectivity index (χ4n) is 1.04. The van der Waals surface area contributed by atoms with Crippen molar-refractivity contribution in [1.29, 1.82) is 0 Å². The highest BCUT2D eigenvalue weighted by Gasteiger charge is 2.06. The molecule has 84 valence electrons. The molecule has 0 aliphatic rings. The van der Waals surface area contributed by atoms with Crippen LogP contribution < -0.4 is 16.0 Å². The minimum Gasteiger partial charge on any atom is -0.475 e. The first-order valence-corrected chi connectivity index (χ1v) is 4.66. The summed E-state index contributed by atoms with van der Waals surface area (Å²) in [5, 5.41) is 0. The lowest BCUT2D eigenvalue weighted by atomic mass is 10.4. The zero-order valence-electron chi connectivity index (χ0n) is 9.15. The summed E-state index contributed by atoms with van der Waals surface area (Å²) in [4.78, 5) is 8.25. The van der Waals surface area contributed by atoms with Gasteiger partial charge in [-0.1, -0.05) is 0 Å². The van der Waals surface area contributed by atoms with Crippen molar-refractivity contribution in [3.05, 3.63) is 11.9 Å². The van der Waals surface area contributed by atoms with Gasteiger partial charge in [-0.15, -0.1) is 0 Å². The van der Waals surface area contributed by atoms with Gasteiger partial charge in [0, 0.05) is 13.2 Å². The molecule has 1 heterocycles. The number of nitrogens with zero attached hydrogens (tertiary/aromatic N) is 2. The second kappa shape index (κ2) is 5.47. The summed E-state index contributed by atoms with van der Waals surface area (Å²) in [7, 11) is 1.58. The van der Waals surface area contributed by atoms with E-state index in [1.54, 1.807) is 13.2 Å². The van der Waals surface area contributed by atoms with Gasteiger partial charge in [-0.2, -0.15) is 4.98 Å². The van der Waals surface area contributed by atoms with Gasteiger partial charge in [0.1, 0.15) is 12.4 Å². The van der Waals surface area contributed by atoms with E-state index in [4.69, 9.17) is 15.3 Å². The van der Waals surface area contributed by atoms with E-state index in [9.17, 15) is 0 Å². The second-order valence-electron chi connectivity index (χ2n) is 3.25. The molecule has 0 saturated carbocycles. The Bertz CT molecular complexity index is 317. The Kier molecular flexibility index (Phi) is 4.26. The molecule has 1 aromatic rings. The van der Waals surface area contributed by atoms with E-state index in [0.717, 1.165) is 0 Å². The van der Waals surface area contributed by atoms with Crippen molar-refractivity contribution < 1.29 is 9.47 Å². The fraction of sp³-hybridized carbons (Fsp3) is 0.556. The first-order valence-electron chi connectivity index (χ1n) is 4.66. The molecular weight excluding hydrogens is 196 g/mol. The number of ether oxygens (including phenoxy) is 2. The van der Waals surface area contributed by atoms with Crippen LogP contribution in [0, 0.1) is 0 Å². The van der Waals surface area contributed by atoms with Gasteiger partial charge in [0.25, 0.3) is 0 Å². The minimum absolute atomic E-state index is 0.0564. The van der Waals surface area contributed by atoms with Crippen LogP contribution in [-0.4, -0.2) is 23.2 Å². The Morgan fingerprint density at radius 1 is 1.47 bits per heavy atom. The Labute approximate surface area is 88.8 Å². The first-order chi connectivity index (χ1) is 7.15. The molecule has 1 rings (SSSR count). The summed E-state index contributed by atoms with van der Waals surface area (Å²) < 4.78 is 10.4. The molecule has 0 aliphatic heterocycles. The normalized spacial score (nSPS) is 10.5. The lowest BCUT2D eigenvalue weighted by Crippen LogP contribution is -2.13. The minimum atomic E-state index is 0.0564. The predicted molar refractivity (Wildman–Crippen MR) is 56.3 cm³/mol. The Balaban J connectivity index is 2.89. The molecule has 0 saturated heterocycles. The topological polar surface area (TPSA) is 82.3 Å². The van der Waals surface area contributed by atoms with E-state index < -0.39 is 0 Å². The molecule has 0 spiro atoms. The van der Waals surface area contributed by atoms with Crippen molar-refractivity contribution in [3.8, 4) is 5.88 Å². The van der Waals surface area contributed by atoms with Gasteiger partial charge >= 0.3 is 0 Å². The van der Waals surface area contributed by atoms with Crippen LogP contribution >= 0.6 is 0 Å². The van der Waals surface area contributed by atoms with Gasteiger partial charge in [-0.3, -0.25) is 0 Å². The molecule has 6 nitrogen and oxygen atoms in total. The molecule has 0 unspecified atom stereocenters. The van der Waals surface area contributed by atoms with Gasteiger partial charge in [-0.25, -0.2) is 10.8 Å². The Hall–Kier alpha value is -1.40. The molecule has 1 aromatic heterocycles. The third-order valence-electron chi connectivity index (χ3n) is 1.53. The molecule has 0 radical (unpaired) electrons. The standard InChI is InChI=1S/C9H16N4O2/c1-6(2)15-9-4-7(13-10)11-8(12-9)5-14-3/h4,6H,5,10H2,1-3H3,(H,11,12,13). The van der Waals surface area contributed by atoms with Crippen molar-refractivity contribution in [2.24, 2.45) is 5.84 Å². The van der Waals surface area contributed by atoms with Crippen LogP contribution in [0.25, 0.3) is 0 Å². The van der Waals surface area contributed by atoms with Crippen LogP contribution in [0.1, 0.15) is 19.7 Å². The largest absolute Gasteiger partial charge is 0.475 e. The zero-order chi connectivity index (χ0) is 11.3. The number of rotatable bonds is 5. The second-order valence-corrected chi connectivity index (χ2v) is 3.25. The third kappa shape index (κ3) is 3.69. The van der Waals surface area contributed by atoms with Gasteiger partial charge in [-0.05, 0) is 13.8 Å². The van der Waals surface area contributed by atoms with E-state index in [1.165, 1.54) is 0 Å². The number of anilines is 1. The van der Waals surface area contributed by atoms with E-state index in [1.807, 2.05) is 13.8 Å². The number of nitrogen functional groups attached to an aromatic ring is 1. The van der Waals surface area contributed by atoms with Crippen molar-refractivity contribution in [2.45, 2.75) is 26.6 Å². The van der Waals surface area contributed by atoms with Crippen LogP contribution in [-0.2, 0) is 11.3 Å². The van der Waals surface area contributed by atoms with Crippen molar-refractivity contribution in [2.75, 3.05) is 12.5 Å². The van der Waals surface area contributed by atoms with E-state index in [2.05, 4.69) is 15.4 Å². The van der Waals surface area contributed by atoms with Crippen LogP contribution in [0.5, 0.6) is 5.88 Å². The molecule has 15 heavy (non-hydrogen) atoms. The molecule has 0 aromatic carbocycles. The molecule has 0 aliphatic carbocycles. The fourth-order valence-corrected chi connectivity index (χ4v) is 1.04. The highest BCUT2D eigenvalue weighted by atomic mass is 16.5. The van der Waals surface area contributed by atoms with Gasteiger partial charge in [0.2, 0.25) is 5.88 Å². The molecule has 0 amide bonds. The predicted octanol–water partition coefficient (Wildman–Crippen LogP) is 0.696.